The lowest BCUT2D eigenvalue weighted by atomic mass is 9.99. The fraction of sp³-hybridized carbons (Fsp3) is 0.444. The highest BCUT2D eigenvalue weighted by Crippen LogP contribution is 2.37. The predicted octanol–water partition coefficient (Wildman–Crippen LogP) is 2.14. The zero-order valence-electron chi connectivity index (χ0n) is 20.8. The molecule has 0 aromatic heterocycles. The number of esters is 1. The topological polar surface area (TPSA) is 94.5 Å². The maximum atomic E-state index is 11.6. The van der Waals surface area contributed by atoms with Crippen LogP contribution >= 0.6 is 0 Å². The van der Waals surface area contributed by atoms with Crippen molar-refractivity contribution in [2.45, 2.75) is 63.4 Å². The molecule has 1 fully saturated rings. The second-order valence-electron chi connectivity index (χ2n) is 9.69. The summed E-state index contributed by atoms with van der Waals surface area (Å²) in [5.41, 5.74) is 0. The highest BCUT2D eigenvalue weighted by atomic mass is 28.4. The van der Waals surface area contributed by atoms with Crippen LogP contribution in [0.1, 0.15) is 27.7 Å². The Balaban J connectivity index is 1.96. The summed E-state index contributed by atoms with van der Waals surface area (Å²) < 4.78 is 23.7. The molecule has 190 valence electrons. The number of rotatable bonds is 9. The molecule has 2 N–H and O–H groups in total. The van der Waals surface area contributed by atoms with Gasteiger partial charge in [0, 0.05) is 6.92 Å². The van der Waals surface area contributed by atoms with E-state index in [9.17, 15) is 15.0 Å². The van der Waals surface area contributed by atoms with Crippen molar-refractivity contribution in [3.05, 3.63) is 73.3 Å². The highest BCUT2D eigenvalue weighted by molar-refractivity contribution is 6.99. The van der Waals surface area contributed by atoms with Crippen molar-refractivity contribution in [3.8, 4) is 0 Å². The lowest BCUT2D eigenvalue weighted by molar-refractivity contribution is -0.300. The van der Waals surface area contributed by atoms with Crippen molar-refractivity contribution in [3.63, 3.8) is 0 Å². The molecule has 3 rings (SSSR count). The summed E-state index contributed by atoms with van der Waals surface area (Å²) >= 11 is 0. The first-order chi connectivity index (χ1) is 16.6. The monoisotopic (exact) mass is 500 g/mol. The lowest BCUT2D eigenvalue weighted by Crippen LogP contribution is -2.68. The third kappa shape index (κ3) is 5.91. The largest absolute Gasteiger partial charge is 0.454 e. The Hall–Kier alpha value is -2.33. The van der Waals surface area contributed by atoms with E-state index in [1.165, 1.54) is 13.0 Å². The smallest absolute Gasteiger partial charge is 0.303 e. The van der Waals surface area contributed by atoms with Gasteiger partial charge in [-0.05, 0) is 15.4 Å². The van der Waals surface area contributed by atoms with Gasteiger partial charge in [-0.3, -0.25) is 4.79 Å². The second-order valence-corrected chi connectivity index (χ2v) is 14.0. The maximum absolute atomic E-state index is 11.6. The molecule has 1 saturated heterocycles. The number of hydrogen-bond donors (Lipinski definition) is 2. The summed E-state index contributed by atoms with van der Waals surface area (Å²) in [5.74, 6) is -0.612. The van der Waals surface area contributed by atoms with Gasteiger partial charge in [-0.1, -0.05) is 87.5 Å². The van der Waals surface area contributed by atoms with Crippen LogP contribution in [0, 0.1) is 0 Å². The Morgan fingerprint density at radius 1 is 1.03 bits per heavy atom. The van der Waals surface area contributed by atoms with Gasteiger partial charge >= 0.3 is 5.97 Å². The van der Waals surface area contributed by atoms with Crippen LogP contribution < -0.4 is 10.4 Å². The molecule has 0 saturated carbocycles. The average molecular weight is 501 g/mol. The summed E-state index contributed by atoms with van der Waals surface area (Å²) in [5, 5.41) is 23.6. The molecule has 5 atom stereocenters. The van der Waals surface area contributed by atoms with Gasteiger partial charge in [-0.2, -0.15) is 0 Å². The van der Waals surface area contributed by atoms with E-state index in [2.05, 4.69) is 51.6 Å². The van der Waals surface area contributed by atoms with Crippen LogP contribution in [0.2, 0.25) is 5.04 Å². The van der Waals surface area contributed by atoms with E-state index in [-0.39, 0.29) is 18.3 Å². The van der Waals surface area contributed by atoms with Crippen molar-refractivity contribution in [1.82, 2.24) is 0 Å². The van der Waals surface area contributed by atoms with Crippen LogP contribution in [-0.4, -0.2) is 68.4 Å². The third-order valence-corrected chi connectivity index (χ3v) is 11.2. The van der Waals surface area contributed by atoms with Crippen LogP contribution in [0.3, 0.4) is 0 Å². The SMILES string of the molecule is C=CCO[C@@H]1O[C@@H](CO[Si](c2ccccc2)(c2ccccc2)C(C)(C)C)[C@@H](O)[C@@H](O)[C@@H]1OC(C)=O. The molecular formula is C27H36O7Si. The molecule has 1 aliphatic rings. The first kappa shape index (κ1) is 27.3. The summed E-state index contributed by atoms with van der Waals surface area (Å²) in [6, 6.07) is 20.2. The van der Waals surface area contributed by atoms with Crippen LogP contribution in [0.4, 0.5) is 0 Å². The highest BCUT2D eigenvalue weighted by Gasteiger charge is 2.52. The molecule has 2 aromatic carbocycles. The minimum Gasteiger partial charge on any atom is -0.454 e. The summed E-state index contributed by atoms with van der Waals surface area (Å²) in [6.45, 7) is 11.4. The van der Waals surface area contributed by atoms with Gasteiger partial charge in [-0.25, -0.2) is 0 Å². The Labute approximate surface area is 208 Å². The first-order valence-electron chi connectivity index (χ1n) is 11.8. The molecule has 2 aromatic rings. The van der Waals surface area contributed by atoms with Gasteiger partial charge in [-0.15, -0.1) is 6.58 Å². The van der Waals surface area contributed by atoms with Gasteiger partial charge in [0.2, 0.25) is 0 Å². The average Bonchev–Trinajstić information content (AvgIpc) is 2.83. The molecule has 0 spiro atoms. The molecule has 0 aliphatic carbocycles. The van der Waals surface area contributed by atoms with Crippen molar-refractivity contribution < 1.29 is 33.6 Å². The van der Waals surface area contributed by atoms with Crippen molar-refractivity contribution in [1.29, 1.82) is 0 Å². The molecule has 0 unspecified atom stereocenters. The fourth-order valence-corrected chi connectivity index (χ4v) is 9.20. The predicted molar refractivity (Wildman–Crippen MR) is 136 cm³/mol. The van der Waals surface area contributed by atoms with E-state index in [1.807, 2.05) is 36.4 Å². The molecule has 8 heteroatoms. The zero-order valence-corrected chi connectivity index (χ0v) is 21.8. The Morgan fingerprint density at radius 2 is 1.57 bits per heavy atom. The van der Waals surface area contributed by atoms with E-state index >= 15 is 0 Å². The van der Waals surface area contributed by atoms with Crippen LogP contribution in [-0.2, 0) is 23.4 Å². The normalized spacial score (nSPS) is 25.1. The first-order valence-corrected chi connectivity index (χ1v) is 13.7. The van der Waals surface area contributed by atoms with E-state index < -0.39 is 45.0 Å². The Bertz CT molecular complexity index is 921. The van der Waals surface area contributed by atoms with Crippen molar-refractivity contribution >= 4 is 24.7 Å². The molecule has 0 radical (unpaired) electrons. The molecule has 1 aliphatic heterocycles. The summed E-state index contributed by atoms with van der Waals surface area (Å²) in [7, 11) is -2.89. The van der Waals surface area contributed by atoms with Gasteiger partial charge in [0.05, 0.1) is 13.2 Å². The van der Waals surface area contributed by atoms with E-state index in [1.54, 1.807) is 0 Å². The Morgan fingerprint density at radius 3 is 2.03 bits per heavy atom. The fourth-order valence-electron chi connectivity index (χ4n) is 4.63. The van der Waals surface area contributed by atoms with Crippen molar-refractivity contribution in [2.75, 3.05) is 13.2 Å². The van der Waals surface area contributed by atoms with Gasteiger partial charge in [0.25, 0.3) is 8.32 Å². The standard InChI is InChI=1S/C27H36O7Si/c1-6-17-31-26-25(33-19(2)28)24(30)23(29)22(34-26)18-32-35(27(3,4)5,20-13-9-7-10-14-20)21-15-11-8-12-16-21/h6-16,22-26,29-30H,1,17-18H2,2-5H3/t22-,23+,24+,25-,26+/m0/s1. The number of hydrogen-bond acceptors (Lipinski definition) is 7. The van der Waals surface area contributed by atoms with Gasteiger partial charge in [0.15, 0.2) is 12.4 Å². The minimum absolute atomic E-state index is 0.00620. The Kier molecular flexibility index (Phi) is 9.03. The number of benzene rings is 2. The molecule has 7 nitrogen and oxygen atoms in total. The number of aliphatic hydroxyl groups is 2. The van der Waals surface area contributed by atoms with Crippen molar-refractivity contribution in [2.24, 2.45) is 0 Å². The zero-order chi connectivity index (χ0) is 25.6. The molecular weight excluding hydrogens is 464 g/mol. The molecule has 1 heterocycles. The molecule has 0 bridgehead atoms. The van der Waals surface area contributed by atoms with Gasteiger partial charge < -0.3 is 28.8 Å². The quantitative estimate of drug-likeness (QED) is 0.310. The van der Waals surface area contributed by atoms with E-state index in [0.29, 0.717) is 0 Å². The maximum Gasteiger partial charge on any atom is 0.303 e. The number of ether oxygens (including phenoxy) is 3. The summed E-state index contributed by atoms with van der Waals surface area (Å²) in [6.07, 6.45) is -4.39. The number of aliphatic hydroxyl groups excluding tert-OH is 2. The molecule has 35 heavy (non-hydrogen) atoms. The second kappa shape index (κ2) is 11.6. The summed E-state index contributed by atoms with van der Waals surface area (Å²) in [4.78, 5) is 11.6. The van der Waals surface area contributed by atoms with Crippen LogP contribution in [0.15, 0.2) is 73.3 Å². The third-order valence-electron chi connectivity index (χ3n) is 6.21. The van der Waals surface area contributed by atoms with Gasteiger partial charge in [0.1, 0.15) is 18.3 Å². The number of carbonyl (C=O) groups excluding carboxylic acids is 1. The van der Waals surface area contributed by atoms with Crippen LogP contribution in [0.25, 0.3) is 0 Å². The molecule has 0 amide bonds. The van der Waals surface area contributed by atoms with Crippen LogP contribution in [0.5, 0.6) is 0 Å². The number of carbonyl (C=O) groups is 1. The van der Waals surface area contributed by atoms with E-state index in [0.717, 1.165) is 10.4 Å². The van der Waals surface area contributed by atoms with E-state index in [4.69, 9.17) is 18.6 Å². The minimum atomic E-state index is -2.89. The lowest BCUT2D eigenvalue weighted by Gasteiger charge is -2.46.